The van der Waals surface area contributed by atoms with Crippen LogP contribution in [-0.4, -0.2) is 66.4 Å². The number of halogens is 1. The van der Waals surface area contributed by atoms with E-state index in [0.29, 0.717) is 40.6 Å². The Hall–Kier alpha value is -4.23. The topological polar surface area (TPSA) is 129 Å². The molecule has 2 heterocycles. The molecule has 2 aromatic heterocycles. The number of aliphatic hydroxyl groups is 1. The van der Waals surface area contributed by atoms with Crippen molar-refractivity contribution >= 4 is 16.0 Å². The summed E-state index contributed by atoms with van der Waals surface area (Å²) in [5, 5.41) is 19.0. The molecule has 0 aliphatic heterocycles. The molecule has 4 aromatic rings. The van der Waals surface area contributed by atoms with E-state index in [0.717, 1.165) is 25.7 Å². The summed E-state index contributed by atoms with van der Waals surface area (Å²) >= 11 is 0. The Morgan fingerprint density at radius 2 is 1.36 bits per heavy atom. The largest absolute Gasteiger partial charge is 0.494 e. The van der Waals surface area contributed by atoms with Gasteiger partial charge < -0.3 is 19.3 Å². The first-order chi connectivity index (χ1) is 25.3. The van der Waals surface area contributed by atoms with E-state index >= 15 is 0 Å². The Labute approximate surface area is 314 Å². The molecule has 11 nitrogen and oxygen atoms in total. The van der Waals surface area contributed by atoms with Crippen molar-refractivity contribution in [1.29, 1.82) is 0 Å². The highest BCUT2D eigenvalue weighted by Crippen LogP contribution is 2.40. The minimum absolute atomic E-state index is 0.0270. The van der Waals surface area contributed by atoms with Gasteiger partial charge in [0.05, 0.1) is 27.4 Å². The lowest BCUT2D eigenvalue weighted by molar-refractivity contribution is 0.175. The van der Waals surface area contributed by atoms with E-state index in [1.54, 1.807) is 41.0 Å². The molecule has 0 unspecified atom stereocenters. The Morgan fingerprint density at radius 1 is 0.792 bits per heavy atom. The summed E-state index contributed by atoms with van der Waals surface area (Å²) < 4.78 is 62.9. The van der Waals surface area contributed by atoms with Gasteiger partial charge in [-0.25, -0.2) is 22.1 Å². The molecule has 0 bridgehead atoms. The molecule has 0 radical (unpaired) electrons. The first-order valence-corrected chi connectivity index (χ1v) is 20.0. The van der Waals surface area contributed by atoms with Crippen molar-refractivity contribution in [3.05, 3.63) is 72.0 Å². The molecule has 4 rings (SSSR count). The van der Waals surface area contributed by atoms with Crippen molar-refractivity contribution in [2.75, 3.05) is 32.2 Å². The predicted octanol–water partition coefficient (Wildman–Crippen LogP) is 8.70. The number of benzene rings is 2. The normalized spacial score (nSPS) is 13.1. The van der Waals surface area contributed by atoms with Crippen molar-refractivity contribution in [2.24, 2.45) is 5.41 Å². The predicted molar refractivity (Wildman–Crippen MR) is 207 cm³/mol. The van der Waals surface area contributed by atoms with E-state index in [-0.39, 0.29) is 23.9 Å². The number of nitrogens with zero attached hydrogens (tertiary/aromatic N) is 5. The second-order valence-corrected chi connectivity index (χ2v) is 16.8. The van der Waals surface area contributed by atoms with Crippen molar-refractivity contribution in [3.8, 4) is 34.6 Å². The fourth-order valence-corrected chi connectivity index (χ4v) is 7.91. The van der Waals surface area contributed by atoms with Gasteiger partial charge in [0.15, 0.2) is 5.82 Å². The van der Waals surface area contributed by atoms with Crippen LogP contribution in [0.15, 0.2) is 60.7 Å². The third-order valence-corrected chi connectivity index (χ3v) is 11.5. The number of rotatable bonds is 21. The summed E-state index contributed by atoms with van der Waals surface area (Å²) in [5.74, 6) is 0.790. The maximum Gasteiger partial charge on any atom is 0.246 e. The molecule has 1 N–H and O–H groups in total. The molecule has 2 atom stereocenters. The van der Waals surface area contributed by atoms with Gasteiger partial charge in [-0.05, 0) is 61.1 Å². The molecule has 0 aliphatic carbocycles. The molecule has 13 heteroatoms. The van der Waals surface area contributed by atoms with Crippen LogP contribution in [0.4, 0.5) is 10.3 Å². The van der Waals surface area contributed by atoms with Crippen LogP contribution in [0.5, 0.6) is 17.4 Å². The first-order valence-electron chi connectivity index (χ1n) is 18.5. The van der Waals surface area contributed by atoms with Gasteiger partial charge in [0.1, 0.15) is 33.9 Å². The van der Waals surface area contributed by atoms with E-state index in [1.165, 1.54) is 88.9 Å². The number of anilines is 1. The summed E-state index contributed by atoms with van der Waals surface area (Å²) in [6.07, 6.45) is 9.18. The highest BCUT2D eigenvalue weighted by atomic mass is 32.2. The summed E-state index contributed by atoms with van der Waals surface area (Å²) in [6.45, 7) is 8.35. The lowest BCUT2D eigenvalue weighted by Crippen LogP contribution is -2.42. The molecule has 0 aliphatic rings. The summed E-state index contributed by atoms with van der Waals surface area (Å²) in [6, 6.07) is 15.5. The van der Waals surface area contributed by atoms with Crippen molar-refractivity contribution < 1.29 is 32.1 Å². The van der Waals surface area contributed by atoms with E-state index < -0.39 is 27.2 Å². The van der Waals surface area contributed by atoms with Crippen molar-refractivity contribution in [2.45, 2.75) is 103 Å². The van der Waals surface area contributed by atoms with Crippen LogP contribution in [0, 0.1) is 11.2 Å². The van der Waals surface area contributed by atoms with Gasteiger partial charge in [-0.1, -0.05) is 96.4 Å². The van der Waals surface area contributed by atoms with Crippen LogP contribution in [0.3, 0.4) is 0 Å². The number of para-hydroxylation sites is 1. The molecular weight excluding hydrogens is 698 g/mol. The third-order valence-electron chi connectivity index (χ3n) is 9.38. The van der Waals surface area contributed by atoms with Crippen LogP contribution in [0.1, 0.15) is 104 Å². The maximum atomic E-state index is 14.7. The number of aromatic nitrogens is 4. The van der Waals surface area contributed by atoms with Gasteiger partial charge in [0, 0.05) is 12.6 Å². The molecule has 290 valence electrons. The smallest absolute Gasteiger partial charge is 0.246 e. The number of ether oxygens (including phenoxy) is 3. The number of pyridine rings is 1. The molecule has 0 saturated heterocycles. The van der Waals surface area contributed by atoms with Gasteiger partial charge >= 0.3 is 0 Å². The molecule has 0 saturated carbocycles. The molecule has 0 spiro atoms. The zero-order valence-electron chi connectivity index (χ0n) is 32.2. The zero-order valence-corrected chi connectivity index (χ0v) is 33.0. The first kappa shape index (κ1) is 41.5. The molecule has 0 fully saturated rings. The quantitative estimate of drug-likeness (QED) is 0.0831. The van der Waals surface area contributed by atoms with Gasteiger partial charge in [-0.2, -0.15) is 0 Å². The third kappa shape index (κ3) is 10.9. The van der Waals surface area contributed by atoms with Crippen LogP contribution < -0.4 is 18.5 Å². The van der Waals surface area contributed by atoms with Crippen LogP contribution in [-0.2, 0) is 10.0 Å². The number of hydrogen-bond donors (Lipinski definition) is 1. The van der Waals surface area contributed by atoms with Crippen LogP contribution in [0.25, 0.3) is 17.2 Å². The molecular formula is C40H56FN5O6S. The summed E-state index contributed by atoms with van der Waals surface area (Å²) in [5.41, 5.74) is 1.38. The zero-order chi connectivity index (χ0) is 38.6. The van der Waals surface area contributed by atoms with Crippen LogP contribution in [0.2, 0.25) is 0 Å². The Balaban J connectivity index is 1.69. The number of aliphatic hydroxyl groups excluding tert-OH is 1. The van der Waals surface area contributed by atoms with Gasteiger partial charge in [-0.15, -0.1) is 10.2 Å². The highest BCUT2D eigenvalue weighted by molar-refractivity contribution is 7.93. The van der Waals surface area contributed by atoms with Crippen LogP contribution >= 0.6 is 0 Å². The second kappa shape index (κ2) is 19.2. The minimum atomic E-state index is -4.34. The van der Waals surface area contributed by atoms with E-state index in [4.69, 9.17) is 14.2 Å². The summed E-state index contributed by atoms with van der Waals surface area (Å²) in [4.78, 5) is 4.58. The Morgan fingerprint density at radius 3 is 1.92 bits per heavy atom. The van der Waals surface area contributed by atoms with Gasteiger partial charge in [0.2, 0.25) is 21.9 Å². The van der Waals surface area contributed by atoms with E-state index in [1.807, 2.05) is 0 Å². The number of methoxy groups -OCH3 is 3. The monoisotopic (exact) mass is 753 g/mol. The lowest BCUT2D eigenvalue weighted by Gasteiger charge is -2.30. The average Bonchev–Trinajstić information content (AvgIpc) is 3.58. The Bertz CT molecular complexity index is 1820. The Kier molecular flexibility index (Phi) is 15.0. The fraction of sp³-hybridized carbons (Fsp3) is 0.525. The lowest BCUT2D eigenvalue weighted by atomic mass is 9.89. The maximum absolute atomic E-state index is 14.7. The summed E-state index contributed by atoms with van der Waals surface area (Å²) in [7, 11) is 0.172. The standard InChI is InChI=1S/C40H56FN5O6S/c1-29(37(47)30-23-25-31(41)26-24-30)53(48,49)45(28-16-14-12-10-8-9-11-13-15-27-40(2,3)4)39-44-43-38(32-19-17-22-35(42-32)52-7)46(39)36-33(50-5)20-18-21-34(36)51-6/h17-26,29,37,47H,8-16,27-28H2,1-7H3/t29-,37+/m1/s1. The SMILES string of the molecule is COc1cccc(-c2nnc(N(CCCCCCCCCCCC(C)(C)C)S(=O)(=O)[C@H](C)[C@H](O)c3ccc(F)cc3)n2-c2c(OC)cccc2OC)n1. The second-order valence-electron chi connectivity index (χ2n) is 14.5. The molecule has 2 aromatic carbocycles. The van der Waals surface area contributed by atoms with Crippen molar-refractivity contribution in [3.63, 3.8) is 0 Å². The molecule has 0 amide bonds. The van der Waals surface area contributed by atoms with E-state index in [2.05, 4.69) is 36.0 Å². The number of unbranched alkanes of at least 4 members (excludes halogenated alkanes) is 8. The van der Waals surface area contributed by atoms with E-state index in [9.17, 15) is 17.9 Å². The number of sulfonamides is 1. The number of hydrogen-bond acceptors (Lipinski definition) is 9. The minimum Gasteiger partial charge on any atom is -0.494 e. The van der Waals surface area contributed by atoms with Crippen molar-refractivity contribution in [1.82, 2.24) is 19.7 Å². The van der Waals surface area contributed by atoms with Gasteiger partial charge in [0.25, 0.3) is 0 Å². The average molecular weight is 754 g/mol. The molecule has 53 heavy (non-hydrogen) atoms. The highest BCUT2D eigenvalue weighted by Gasteiger charge is 2.38. The fourth-order valence-electron chi connectivity index (χ4n) is 6.30. The van der Waals surface area contributed by atoms with Gasteiger partial charge in [-0.3, -0.25) is 4.57 Å².